The van der Waals surface area contributed by atoms with Crippen molar-refractivity contribution in [2.45, 2.75) is 58.4 Å². The van der Waals surface area contributed by atoms with Crippen molar-refractivity contribution in [3.63, 3.8) is 0 Å². The number of nitrogens with zero attached hydrogens (tertiary/aromatic N) is 1. The van der Waals surface area contributed by atoms with Crippen molar-refractivity contribution in [1.29, 1.82) is 0 Å². The summed E-state index contributed by atoms with van der Waals surface area (Å²) in [6.45, 7) is 6.96. The largest absolute Gasteiger partial charge is 0.466 e. The van der Waals surface area contributed by atoms with E-state index in [2.05, 4.69) is 32.8 Å². The monoisotopic (exact) mass is 255 g/mol. The van der Waals surface area contributed by atoms with Gasteiger partial charge in [-0.25, -0.2) is 0 Å². The highest BCUT2D eigenvalue weighted by Crippen LogP contribution is 2.40. The van der Waals surface area contributed by atoms with Crippen LogP contribution in [0.4, 0.5) is 0 Å². The molecule has 0 heterocycles. The van der Waals surface area contributed by atoms with E-state index in [1.54, 1.807) is 0 Å². The molecule has 0 aromatic heterocycles. The molecule has 3 heteroatoms. The SMILES string of the molecule is CCOC(=O)CC1(N(C)C)CCC(C(C)C)CC1. The van der Waals surface area contributed by atoms with E-state index in [1.807, 2.05) is 6.92 Å². The molecule has 1 fully saturated rings. The van der Waals surface area contributed by atoms with Gasteiger partial charge in [-0.1, -0.05) is 13.8 Å². The molecule has 0 unspecified atom stereocenters. The zero-order valence-electron chi connectivity index (χ0n) is 12.7. The molecular weight excluding hydrogens is 226 g/mol. The third-order valence-corrected chi connectivity index (χ3v) is 4.63. The molecule has 0 N–H and O–H groups in total. The van der Waals surface area contributed by atoms with E-state index in [9.17, 15) is 4.79 Å². The van der Waals surface area contributed by atoms with Crippen LogP contribution in [0.2, 0.25) is 0 Å². The van der Waals surface area contributed by atoms with Gasteiger partial charge < -0.3 is 9.64 Å². The van der Waals surface area contributed by atoms with Gasteiger partial charge in [-0.3, -0.25) is 4.79 Å². The number of hydrogen-bond acceptors (Lipinski definition) is 3. The van der Waals surface area contributed by atoms with E-state index in [0.717, 1.165) is 24.7 Å². The van der Waals surface area contributed by atoms with Crippen LogP contribution in [0.15, 0.2) is 0 Å². The second-order valence-electron chi connectivity index (χ2n) is 6.18. The molecular formula is C15H29NO2. The van der Waals surface area contributed by atoms with E-state index in [-0.39, 0.29) is 11.5 Å². The lowest BCUT2D eigenvalue weighted by Gasteiger charge is -2.45. The molecule has 0 aromatic rings. The summed E-state index contributed by atoms with van der Waals surface area (Å²) in [6.07, 6.45) is 5.23. The summed E-state index contributed by atoms with van der Waals surface area (Å²) in [7, 11) is 4.18. The lowest BCUT2D eigenvalue weighted by molar-refractivity contribution is -0.147. The van der Waals surface area contributed by atoms with Crippen molar-refractivity contribution in [1.82, 2.24) is 4.90 Å². The predicted molar refractivity (Wildman–Crippen MR) is 74.5 cm³/mol. The molecule has 106 valence electrons. The van der Waals surface area contributed by atoms with E-state index in [4.69, 9.17) is 4.74 Å². The summed E-state index contributed by atoms with van der Waals surface area (Å²) in [5, 5.41) is 0. The topological polar surface area (TPSA) is 29.5 Å². The average Bonchev–Trinajstić information content (AvgIpc) is 2.29. The summed E-state index contributed by atoms with van der Waals surface area (Å²) in [6, 6.07) is 0. The van der Waals surface area contributed by atoms with Crippen LogP contribution in [-0.4, -0.2) is 37.1 Å². The second kappa shape index (κ2) is 6.55. The van der Waals surface area contributed by atoms with Gasteiger partial charge in [0.1, 0.15) is 0 Å². The number of ether oxygens (including phenoxy) is 1. The van der Waals surface area contributed by atoms with Crippen LogP contribution < -0.4 is 0 Å². The summed E-state index contributed by atoms with van der Waals surface area (Å²) < 4.78 is 5.13. The minimum absolute atomic E-state index is 0.0254. The smallest absolute Gasteiger partial charge is 0.307 e. The third kappa shape index (κ3) is 3.71. The molecule has 1 aliphatic carbocycles. The molecule has 0 saturated heterocycles. The summed E-state index contributed by atoms with van der Waals surface area (Å²) in [4.78, 5) is 14.0. The Balaban J connectivity index is 2.64. The molecule has 0 aliphatic heterocycles. The van der Waals surface area contributed by atoms with Gasteiger partial charge in [0.2, 0.25) is 0 Å². The van der Waals surface area contributed by atoms with Gasteiger partial charge in [-0.15, -0.1) is 0 Å². The molecule has 0 bridgehead atoms. The third-order valence-electron chi connectivity index (χ3n) is 4.63. The van der Waals surface area contributed by atoms with Gasteiger partial charge in [0.25, 0.3) is 0 Å². The van der Waals surface area contributed by atoms with Crippen LogP contribution in [0.3, 0.4) is 0 Å². The first-order valence-electron chi connectivity index (χ1n) is 7.24. The highest BCUT2D eigenvalue weighted by molar-refractivity contribution is 5.71. The molecule has 1 aliphatic rings. The zero-order chi connectivity index (χ0) is 13.8. The zero-order valence-corrected chi connectivity index (χ0v) is 12.7. The molecule has 1 saturated carbocycles. The maximum atomic E-state index is 11.8. The Hall–Kier alpha value is -0.570. The summed E-state index contributed by atoms with van der Waals surface area (Å²) in [5.74, 6) is 1.53. The van der Waals surface area contributed by atoms with E-state index >= 15 is 0 Å². The minimum Gasteiger partial charge on any atom is -0.466 e. The van der Waals surface area contributed by atoms with Crippen molar-refractivity contribution in [2.24, 2.45) is 11.8 Å². The van der Waals surface area contributed by atoms with Crippen LogP contribution in [-0.2, 0) is 9.53 Å². The molecule has 0 amide bonds. The lowest BCUT2D eigenvalue weighted by atomic mass is 9.71. The Bertz CT molecular complexity index is 266. The van der Waals surface area contributed by atoms with Crippen LogP contribution in [0.5, 0.6) is 0 Å². The molecule has 0 aromatic carbocycles. The Morgan fingerprint density at radius 1 is 1.33 bits per heavy atom. The minimum atomic E-state index is -0.0470. The molecule has 0 spiro atoms. The van der Waals surface area contributed by atoms with Gasteiger partial charge >= 0.3 is 5.97 Å². The Morgan fingerprint density at radius 3 is 2.28 bits per heavy atom. The Kier molecular flexibility index (Phi) is 5.64. The Morgan fingerprint density at radius 2 is 1.89 bits per heavy atom. The van der Waals surface area contributed by atoms with E-state index in [0.29, 0.717) is 13.0 Å². The quantitative estimate of drug-likeness (QED) is 0.707. The molecule has 3 nitrogen and oxygen atoms in total. The average molecular weight is 255 g/mol. The summed E-state index contributed by atoms with van der Waals surface area (Å²) >= 11 is 0. The standard InChI is InChI=1S/C15H29NO2/c1-6-18-14(17)11-15(16(4)5)9-7-13(8-10-15)12(2)3/h12-13H,6-11H2,1-5H3. The fraction of sp³-hybridized carbons (Fsp3) is 0.933. The van der Waals surface area contributed by atoms with Gasteiger partial charge in [0.15, 0.2) is 0 Å². The van der Waals surface area contributed by atoms with Gasteiger partial charge in [0.05, 0.1) is 13.0 Å². The van der Waals surface area contributed by atoms with Crippen molar-refractivity contribution >= 4 is 5.97 Å². The first kappa shape index (κ1) is 15.5. The first-order valence-corrected chi connectivity index (χ1v) is 7.24. The van der Waals surface area contributed by atoms with E-state index < -0.39 is 0 Å². The fourth-order valence-electron chi connectivity index (χ4n) is 3.11. The first-order chi connectivity index (χ1) is 8.41. The number of carbonyl (C=O) groups is 1. The molecule has 18 heavy (non-hydrogen) atoms. The lowest BCUT2D eigenvalue weighted by Crippen LogP contribution is -2.49. The number of hydrogen-bond donors (Lipinski definition) is 0. The number of rotatable bonds is 5. The van der Waals surface area contributed by atoms with E-state index in [1.165, 1.54) is 12.8 Å². The van der Waals surface area contributed by atoms with Crippen LogP contribution in [0, 0.1) is 11.8 Å². The number of carbonyl (C=O) groups excluding carboxylic acids is 1. The fourth-order valence-corrected chi connectivity index (χ4v) is 3.11. The van der Waals surface area contributed by atoms with Gasteiger partial charge in [0, 0.05) is 5.54 Å². The molecule has 0 radical (unpaired) electrons. The molecule has 1 rings (SSSR count). The Labute approximate surface area is 112 Å². The van der Waals surface area contributed by atoms with Crippen molar-refractivity contribution in [2.75, 3.05) is 20.7 Å². The predicted octanol–water partition coefficient (Wildman–Crippen LogP) is 3.09. The van der Waals surface area contributed by atoms with Crippen LogP contribution in [0.1, 0.15) is 52.9 Å². The van der Waals surface area contributed by atoms with Crippen molar-refractivity contribution < 1.29 is 9.53 Å². The second-order valence-corrected chi connectivity index (χ2v) is 6.18. The van der Waals surface area contributed by atoms with Crippen LogP contribution in [0.25, 0.3) is 0 Å². The number of esters is 1. The maximum Gasteiger partial charge on any atom is 0.307 e. The van der Waals surface area contributed by atoms with Gasteiger partial charge in [-0.05, 0) is 58.5 Å². The van der Waals surface area contributed by atoms with Crippen molar-refractivity contribution in [3.8, 4) is 0 Å². The van der Waals surface area contributed by atoms with Gasteiger partial charge in [-0.2, -0.15) is 0 Å². The maximum absolute atomic E-state index is 11.8. The van der Waals surface area contributed by atoms with Crippen molar-refractivity contribution in [3.05, 3.63) is 0 Å². The molecule has 0 atom stereocenters. The van der Waals surface area contributed by atoms with Crippen LogP contribution >= 0.6 is 0 Å². The normalized spacial score (nSPS) is 28.7. The highest BCUT2D eigenvalue weighted by Gasteiger charge is 2.39. The highest BCUT2D eigenvalue weighted by atomic mass is 16.5. The summed E-state index contributed by atoms with van der Waals surface area (Å²) in [5.41, 5.74) is 0.0254.